The monoisotopic (exact) mass is 225 g/mol. The molecule has 0 aromatic heterocycles. The van der Waals surface area contributed by atoms with Gasteiger partial charge in [0, 0.05) is 6.42 Å². The van der Waals surface area contributed by atoms with Gasteiger partial charge < -0.3 is 10.1 Å². The normalized spacial score (nSPS) is 26.1. The molecule has 1 aliphatic carbocycles. The second kappa shape index (κ2) is 6.24. The fraction of sp³-hybridized carbons (Fsp3) is 0.923. The Kier molecular flexibility index (Phi) is 4.64. The van der Waals surface area contributed by atoms with Crippen LogP contribution in [0, 0.1) is 11.8 Å². The van der Waals surface area contributed by atoms with Crippen molar-refractivity contribution in [2.45, 2.75) is 44.9 Å². The summed E-state index contributed by atoms with van der Waals surface area (Å²) < 4.78 is 5.33. The van der Waals surface area contributed by atoms with Crippen molar-refractivity contribution in [2.24, 2.45) is 11.8 Å². The second-order valence-electron chi connectivity index (χ2n) is 5.23. The van der Waals surface area contributed by atoms with Crippen LogP contribution in [0.15, 0.2) is 0 Å². The van der Waals surface area contributed by atoms with Gasteiger partial charge in [-0.25, -0.2) is 0 Å². The van der Waals surface area contributed by atoms with E-state index in [2.05, 4.69) is 5.32 Å². The highest BCUT2D eigenvalue weighted by Gasteiger charge is 2.19. The predicted octanol–water partition coefficient (Wildman–Crippen LogP) is 2.11. The zero-order valence-corrected chi connectivity index (χ0v) is 10.0. The van der Waals surface area contributed by atoms with E-state index in [1.807, 2.05) is 0 Å². The van der Waals surface area contributed by atoms with Crippen molar-refractivity contribution in [3.63, 3.8) is 0 Å². The number of esters is 1. The fourth-order valence-corrected chi connectivity index (χ4v) is 2.74. The lowest BCUT2D eigenvalue weighted by molar-refractivity contribution is -0.145. The van der Waals surface area contributed by atoms with Gasteiger partial charge in [-0.2, -0.15) is 0 Å². The van der Waals surface area contributed by atoms with Crippen molar-refractivity contribution in [1.29, 1.82) is 0 Å². The highest BCUT2D eigenvalue weighted by Crippen LogP contribution is 2.25. The summed E-state index contributed by atoms with van der Waals surface area (Å²) in [7, 11) is 0. The van der Waals surface area contributed by atoms with Gasteiger partial charge in [0.2, 0.25) is 0 Å². The summed E-state index contributed by atoms with van der Waals surface area (Å²) in [5.41, 5.74) is 0. The van der Waals surface area contributed by atoms with Crippen LogP contribution >= 0.6 is 0 Å². The maximum Gasteiger partial charge on any atom is 0.305 e. The topological polar surface area (TPSA) is 38.3 Å². The third-order valence-electron chi connectivity index (χ3n) is 3.87. The Hall–Kier alpha value is -0.570. The van der Waals surface area contributed by atoms with Crippen LogP contribution in [0.5, 0.6) is 0 Å². The van der Waals surface area contributed by atoms with Crippen LogP contribution in [0.3, 0.4) is 0 Å². The van der Waals surface area contributed by atoms with Crippen LogP contribution < -0.4 is 5.32 Å². The van der Waals surface area contributed by atoms with Gasteiger partial charge in [0.25, 0.3) is 0 Å². The smallest absolute Gasteiger partial charge is 0.305 e. The van der Waals surface area contributed by atoms with Crippen molar-refractivity contribution >= 4 is 5.97 Å². The summed E-state index contributed by atoms with van der Waals surface area (Å²) in [5, 5.41) is 3.32. The first kappa shape index (κ1) is 11.9. The van der Waals surface area contributed by atoms with E-state index in [1.165, 1.54) is 32.1 Å². The molecule has 0 spiro atoms. The highest BCUT2D eigenvalue weighted by molar-refractivity contribution is 5.69. The van der Waals surface area contributed by atoms with E-state index in [0.717, 1.165) is 19.5 Å². The molecule has 0 aromatic carbocycles. The first-order chi connectivity index (χ1) is 7.84. The number of carbonyl (C=O) groups is 1. The van der Waals surface area contributed by atoms with E-state index in [1.54, 1.807) is 0 Å². The number of rotatable bonds is 5. The van der Waals surface area contributed by atoms with E-state index in [-0.39, 0.29) is 5.97 Å². The molecule has 16 heavy (non-hydrogen) atoms. The lowest BCUT2D eigenvalue weighted by Gasteiger charge is -2.11. The molecule has 0 radical (unpaired) electrons. The molecule has 0 aromatic rings. The largest absolute Gasteiger partial charge is 0.465 e. The molecule has 1 unspecified atom stereocenters. The molecule has 1 saturated carbocycles. The predicted molar refractivity (Wildman–Crippen MR) is 63.1 cm³/mol. The van der Waals surface area contributed by atoms with Crippen LogP contribution in [0.25, 0.3) is 0 Å². The maximum absolute atomic E-state index is 11.5. The summed E-state index contributed by atoms with van der Waals surface area (Å²) >= 11 is 0. The Morgan fingerprint density at radius 1 is 1.19 bits per heavy atom. The maximum atomic E-state index is 11.5. The SMILES string of the molecule is O=C(CCC1CCNC1)OCC1CCCC1. The molecule has 1 heterocycles. The van der Waals surface area contributed by atoms with Gasteiger partial charge in [-0.05, 0) is 50.6 Å². The number of nitrogens with one attached hydrogen (secondary N) is 1. The zero-order valence-electron chi connectivity index (χ0n) is 10.0. The summed E-state index contributed by atoms with van der Waals surface area (Å²) in [5.74, 6) is 1.36. The number of hydrogen-bond acceptors (Lipinski definition) is 3. The summed E-state index contributed by atoms with van der Waals surface area (Å²) in [6, 6.07) is 0. The molecule has 1 atom stereocenters. The number of ether oxygens (including phenoxy) is 1. The Morgan fingerprint density at radius 3 is 2.69 bits per heavy atom. The molecular weight excluding hydrogens is 202 g/mol. The van der Waals surface area contributed by atoms with Crippen LogP contribution in [0.4, 0.5) is 0 Å². The molecule has 3 heteroatoms. The Labute approximate surface area is 97.9 Å². The molecule has 2 fully saturated rings. The molecule has 92 valence electrons. The Bertz CT molecular complexity index is 196. The molecule has 1 N–H and O–H groups in total. The number of hydrogen-bond donors (Lipinski definition) is 1. The van der Waals surface area contributed by atoms with Crippen LogP contribution in [0.2, 0.25) is 0 Å². The summed E-state index contributed by atoms with van der Waals surface area (Å²) in [4.78, 5) is 11.5. The van der Waals surface area contributed by atoms with Crippen molar-refractivity contribution in [2.75, 3.05) is 19.7 Å². The molecule has 1 aliphatic heterocycles. The molecular formula is C13H23NO2. The van der Waals surface area contributed by atoms with Gasteiger partial charge in [0.15, 0.2) is 0 Å². The standard InChI is InChI=1S/C13H23NO2/c15-13(6-5-11-7-8-14-9-11)16-10-12-3-1-2-4-12/h11-12,14H,1-10H2. The first-order valence-electron chi connectivity index (χ1n) is 6.71. The average Bonchev–Trinajstić information content (AvgIpc) is 2.96. The fourth-order valence-electron chi connectivity index (χ4n) is 2.74. The quantitative estimate of drug-likeness (QED) is 0.728. The van der Waals surface area contributed by atoms with Crippen molar-refractivity contribution in [3.8, 4) is 0 Å². The van der Waals surface area contributed by atoms with E-state index in [4.69, 9.17) is 4.74 Å². The van der Waals surface area contributed by atoms with Gasteiger partial charge in [-0.15, -0.1) is 0 Å². The van der Waals surface area contributed by atoms with Gasteiger partial charge in [0.1, 0.15) is 0 Å². The van der Waals surface area contributed by atoms with Crippen molar-refractivity contribution in [3.05, 3.63) is 0 Å². The molecule has 0 amide bonds. The molecule has 3 nitrogen and oxygen atoms in total. The minimum atomic E-state index is 0.0128. The first-order valence-corrected chi connectivity index (χ1v) is 6.71. The second-order valence-corrected chi connectivity index (χ2v) is 5.23. The van der Waals surface area contributed by atoms with Crippen LogP contribution in [-0.2, 0) is 9.53 Å². The molecule has 0 bridgehead atoms. The lowest BCUT2D eigenvalue weighted by Crippen LogP contribution is -2.14. The van der Waals surface area contributed by atoms with E-state index in [9.17, 15) is 4.79 Å². The summed E-state index contributed by atoms with van der Waals surface area (Å²) in [6.45, 7) is 2.86. The van der Waals surface area contributed by atoms with E-state index < -0.39 is 0 Å². The van der Waals surface area contributed by atoms with Crippen LogP contribution in [-0.4, -0.2) is 25.7 Å². The zero-order chi connectivity index (χ0) is 11.2. The molecule has 2 aliphatic rings. The van der Waals surface area contributed by atoms with Gasteiger partial charge in [0.05, 0.1) is 6.61 Å². The van der Waals surface area contributed by atoms with Gasteiger partial charge in [-0.1, -0.05) is 12.8 Å². The minimum absolute atomic E-state index is 0.0128. The van der Waals surface area contributed by atoms with Gasteiger partial charge in [-0.3, -0.25) is 4.79 Å². The third-order valence-corrected chi connectivity index (χ3v) is 3.87. The third kappa shape index (κ3) is 3.78. The average molecular weight is 225 g/mol. The van der Waals surface area contributed by atoms with E-state index >= 15 is 0 Å². The van der Waals surface area contributed by atoms with Crippen LogP contribution in [0.1, 0.15) is 44.9 Å². The Morgan fingerprint density at radius 2 is 2.00 bits per heavy atom. The Balaban J connectivity index is 1.53. The minimum Gasteiger partial charge on any atom is -0.465 e. The van der Waals surface area contributed by atoms with E-state index in [0.29, 0.717) is 24.9 Å². The number of carbonyl (C=O) groups excluding carboxylic acids is 1. The highest BCUT2D eigenvalue weighted by atomic mass is 16.5. The summed E-state index contributed by atoms with van der Waals surface area (Å²) in [6.07, 6.45) is 7.96. The lowest BCUT2D eigenvalue weighted by atomic mass is 10.0. The van der Waals surface area contributed by atoms with Gasteiger partial charge >= 0.3 is 5.97 Å². The van der Waals surface area contributed by atoms with Crippen molar-refractivity contribution in [1.82, 2.24) is 5.32 Å². The molecule has 2 rings (SSSR count). The molecule has 1 saturated heterocycles. The van der Waals surface area contributed by atoms with Crippen molar-refractivity contribution < 1.29 is 9.53 Å².